The van der Waals surface area contributed by atoms with Crippen molar-refractivity contribution in [3.8, 4) is 0 Å². The van der Waals surface area contributed by atoms with Crippen LogP contribution in [0, 0.1) is 0 Å². The summed E-state index contributed by atoms with van der Waals surface area (Å²) in [4.78, 5) is 0.782. The molecule has 3 nitrogen and oxygen atoms in total. The Kier molecular flexibility index (Phi) is 5.45. The second kappa shape index (κ2) is 6.37. The van der Waals surface area contributed by atoms with Gasteiger partial charge in [0.25, 0.3) is 0 Å². The van der Waals surface area contributed by atoms with Gasteiger partial charge in [0, 0.05) is 23.4 Å². The molecule has 0 fully saturated rings. The Labute approximate surface area is 101 Å². The first kappa shape index (κ1) is 12.8. The van der Waals surface area contributed by atoms with Crippen LogP contribution in [-0.2, 0) is 15.5 Å². The molecule has 2 atom stereocenters. The average molecular weight is 292 g/mol. The van der Waals surface area contributed by atoms with Crippen LogP contribution in [0.5, 0.6) is 0 Å². The lowest BCUT2D eigenvalue weighted by atomic mass is 10.4. The normalized spacial score (nSPS) is 14.9. The topological polar surface area (TPSA) is 52.3 Å². The van der Waals surface area contributed by atoms with E-state index in [9.17, 15) is 4.21 Å². The van der Waals surface area contributed by atoms with E-state index in [1.165, 1.54) is 0 Å². The molecule has 2 unspecified atom stereocenters. The zero-order valence-corrected chi connectivity index (χ0v) is 10.9. The van der Waals surface area contributed by atoms with Crippen molar-refractivity contribution in [3.63, 3.8) is 0 Å². The molecule has 2 N–H and O–H groups in total. The van der Waals surface area contributed by atoms with E-state index in [1.54, 1.807) is 7.11 Å². The molecule has 0 saturated heterocycles. The van der Waals surface area contributed by atoms with E-state index in [1.807, 2.05) is 24.3 Å². The van der Waals surface area contributed by atoms with Crippen molar-refractivity contribution in [2.45, 2.75) is 10.9 Å². The molecule has 0 saturated carbocycles. The molecule has 0 aliphatic heterocycles. The molecule has 0 aliphatic rings. The van der Waals surface area contributed by atoms with E-state index in [-0.39, 0.29) is 6.04 Å². The number of benzene rings is 1. The summed E-state index contributed by atoms with van der Waals surface area (Å²) in [5.41, 5.74) is 5.74. The number of ether oxygens (including phenoxy) is 1. The molecule has 1 aromatic rings. The van der Waals surface area contributed by atoms with Crippen LogP contribution in [0.4, 0.5) is 0 Å². The van der Waals surface area contributed by atoms with Crippen LogP contribution in [0.1, 0.15) is 0 Å². The van der Waals surface area contributed by atoms with Crippen LogP contribution in [0.25, 0.3) is 0 Å². The molecule has 0 bridgehead atoms. The van der Waals surface area contributed by atoms with Crippen LogP contribution >= 0.6 is 15.9 Å². The summed E-state index contributed by atoms with van der Waals surface area (Å²) in [6, 6.07) is 7.26. The fraction of sp³-hybridized carbons (Fsp3) is 0.400. The van der Waals surface area contributed by atoms with Crippen molar-refractivity contribution < 1.29 is 8.95 Å². The average Bonchev–Trinajstić information content (AvgIpc) is 2.18. The van der Waals surface area contributed by atoms with E-state index in [4.69, 9.17) is 10.5 Å². The molecule has 1 rings (SSSR count). The maximum absolute atomic E-state index is 11.9. The minimum absolute atomic E-state index is 0.192. The Hall–Kier alpha value is -0.230. The van der Waals surface area contributed by atoms with E-state index < -0.39 is 10.8 Å². The number of halogens is 1. The molecule has 15 heavy (non-hydrogen) atoms. The Morgan fingerprint density at radius 2 is 2.20 bits per heavy atom. The van der Waals surface area contributed by atoms with E-state index in [2.05, 4.69) is 15.9 Å². The summed E-state index contributed by atoms with van der Waals surface area (Å²) in [5.74, 6) is 0.413. The first-order chi connectivity index (χ1) is 7.15. The van der Waals surface area contributed by atoms with E-state index >= 15 is 0 Å². The Bertz CT molecular complexity index is 346. The molecular formula is C10H14BrNO2S. The summed E-state index contributed by atoms with van der Waals surface area (Å²) >= 11 is 3.36. The highest BCUT2D eigenvalue weighted by Crippen LogP contribution is 2.19. The van der Waals surface area contributed by atoms with Gasteiger partial charge in [0.1, 0.15) is 0 Å². The first-order valence-electron chi connectivity index (χ1n) is 4.52. The Morgan fingerprint density at radius 1 is 1.53 bits per heavy atom. The van der Waals surface area contributed by atoms with Gasteiger partial charge in [-0.1, -0.05) is 12.1 Å². The third-order valence-electron chi connectivity index (χ3n) is 1.83. The lowest BCUT2D eigenvalue weighted by Gasteiger charge is -2.10. The van der Waals surface area contributed by atoms with Gasteiger partial charge >= 0.3 is 0 Å². The summed E-state index contributed by atoms with van der Waals surface area (Å²) < 4.78 is 17.7. The molecule has 84 valence electrons. The summed E-state index contributed by atoms with van der Waals surface area (Å²) in [7, 11) is 0.506. The lowest BCUT2D eigenvalue weighted by Crippen LogP contribution is -2.31. The van der Waals surface area contributed by atoms with E-state index in [0.717, 1.165) is 9.37 Å². The van der Waals surface area contributed by atoms with Gasteiger partial charge in [-0.3, -0.25) is 4.21 Å². The highest BCUT2D eigenvalue weighted by atomic mass is 79.9. The summed E-state index contributed by atoms with van der Waals surface area (Å²) in [6.45, 7) is 0.427. The molecular weight excluding hydrogens is 278 g/mol. The Morgan fingerprint density at radius 3 is 2.80 bits per heavy atom. The maximum atomic E-state index is 11.9. The van der Waals surface area contributed by atoms with Gasteiger partial charge in [-0.25, -0.2) is 0 Å². The molecule has 0 radical (unpaired) electrons. The molecule has 0 spiro atoms. The SMILES string of the molecule is COCC(N)CS(=O)c1ccccc1Br. The van der Waals surface area contributed by atoms with Crippen LogP contribution in [-0.4, -0.2) is 29.7 Å². The highest BCUT2D eigenvalue weighted by molar-refractivity contribution is 9.10. The summed E-state index contributed by atoms with van der Waals surface area (Å²) in [5, 5.41) is 0. The molecule has 5 heteroatoms. The fourth-order valence-corrected chi connectivity index (χ4v) is 3.18. The van der Waals surface area contributed by atoms with Crippen LogP contribution in [0.15, 0.2) is 33.6 Å². The number of methoxy groups -OCH3 is 1. The van der Waals surface area contributed by atoms with Crippen molar-refractivity contribution >= 4 is 26.7 Å². The van der Waals surface area contributed by atoms with Crippen molar-refractivity contribution in [2.24, 2.45) is 5.73 Å². The zero-order chi connectivity index (χ0) is 11.3. The smallest absolute Gasteiger partial charge is 0.0622 e. The van der Waals surface area contributed by atoms with Gasteiger partial charge in [0.2, 0.25) is 0 Å². The number of rotatable bonds is 5. The molecule has 1 aromatic carbocycles. The lowest BCUT2D eigenvalue weighted by molar-refractivity contribution is 0.186. The van der Waals surface area contributed by atoms with Crippen LogP contribution in [0.3, 0.4) is 0 Å². The molecule has 0 heterocycles. The van der Waals surface area contributed by atoms with Crippen molar-refractivity contribution in [1.82, 2.24) is 0 Å². The van der Waals surface area contributed by atoms with Crippen LogP contribution in [0.2, 0.25) is 0 Å². The summed E-state index contributed by atoms with van der Waals surface area (Å²) in [6.07, 6.45) is 0. The number of nitrogens with two attached hydrogens (primary N) is 1. The van der Waals surface area contributed by atoms with Crippen LogP contribution < -0.4 is 5.73 Å². The molecule has 0 aliphatic carbocycles. The monoisotopic (exact) mass is 291 g/mol. The largest absolute Gasteiger partial charge is 0.383 e. The minimum Gasteiger partial charge on any atom is -0.383 e. The number of hydrogen-bond acceptors (Lipinski definition) is 3. The van der Waals surface area contributed by atoms with Gasteiger partial charge in [-0.2, -0.15) is 0 Å². The standard InChI is InChI=1S/C10H14BrNO2S/c1-14-6-8(12)7-15(13)10-5-3-2-4-9(10)11/h2-5,8H,6-7,12H2,1H3. The quantitative estimate of drug-likeness (QED) is 0.895. The third-order valence-corrected chi connectivity index (χ3v) is 4.36. The van der Waals surface area contributed by atoms with E-state index in [0.29, 0.717) is 12.4 Å². The van der Waals surface area contributed by atoms with Crippen molar-refractivity contribution in [1.29, 1.82) is 0 Å². The predicted molar refractivity (Wildman–Crippen MR) is 65.3 cm³/mol. The third kappa shape index (κ3) is 4.03. The second-order valence-corrected chi connectivity index (χ2v) is 5.48. The predicted octanol–water partition coefficient (Wildman–Crippen LogP) is 1.53. The van der Waals surface area contributed by atoms with Crippen molar-refractivity contribution in [3.05, 3.63) is 28.7 Å². The Balaban J connectivity index is 2.65. The zero-order valence-electron chi connectivity index (χ0n) is 8.48. The van der Waals surface area contributed by atoms with Gasteiger partial charge in [0.05, 0.1) is 22.3 Å². The van der Waals surface area contributed by atoms with Gasteiger partial charge in [0.15, 0.2) is 0 Å². The number of hydrogen-bond donors (Lipinski definition) is 1. The first-order valence-corrected chi connectivity index (χ1v) is 6.63. The minimum atomic E-state index is -1.08. The maximum Gasteiger partial charge on any atom is 0.0622 e. The van der Waals surface area contributed by atoms with Gasteiger partial charge in [-0.05, 0) is 28.1 Å². The second-order valence-electron chi connectivity index (χ2n) is 3.16. The molecule has 0 amide bonds. The van der Waals surface area contributed by atoms with Crippen molar-refractivity contribution in [2.75, 3.05) is 19.5 Å². The van der Waals surface area contributed by atoms with Gasteiger partial charge < -0.3 is 10.5 Å². The molecule has 0 aromatic heterocycles. The highest BCUT2D eigenvalue weighted by Gasteiger charge is 2.12. The van der Waals surface area contributed by atoms with Gasteiger partial charge in [-0.15, -0.1) is 0 Å². The fourth-order valence-electron chi connectivity index (χ4n) is 1.18.